The van der Waals surface area contributed by atoms with E-state index >= 15 is 0 Å². The smallest absolute Gasteiger partial charge is 0.166 e. The molecule has 0 fully saturated rings. The summed E-state index contributed by atoms with van der Waals surface area (Å²) in [5.74, 6) is 0.902. The predicted molar refractivity (Wildman–Crippen MR) is 112 cm³/mol. The molecule has 0 saturated carbocycles. The van der Waals surface area contributed by atoms with Crippen LogP contribution in [0.25, 0.3) is 0 Å². The first kappa shape index (κ1) is 20.3. The second-order valence-electron chi connectivity index (χ2n) is 6.04. The van der Waals surface area contributed by atoms with Crippen molar-refractivity contribution in [2.45, 2.75) is 20.1 Å². The Hall–Kier alpha value is -2.43. The highest BCUT2D eigenvalue weighted by Crippen LogP contribution is 2.33. The first-order valence-electron chi connectivity index (χ1n) is 8.88. The summed E-state index contributed by atoms with van der Waals surface area (Å²) in [6.07, 6.45) is 0. The van der Waals surface area contributed by atoms with Gasteiger partial charge in [0.1, 0.15) is 12.4 Å². The minimum absolute atomic E-state index is 0.108. The molecule has 1 N–H and O–H groups in total. The van der Waals surface area contributed by atoms with Crippen LogP contribution in [0, 0.1) is 5.82 Å². The van der Waals surface area contributed by atoms with Gasteiger partial charge in [0.05, 0.1) is 16.7 Å². The van der Waals surface area contributed by atoms with E-state index in [-0.39, 0.29) is 12.4 Å². The lowest BCUT2D eigenvalue weighted by atomic mass is 10.1. The fourth-order valence-electron chi connectivity index (χ4n) is 2.70. The molecule has 28 heavy (non-hydrogen) atoms. The molecule has 0 amide bonds. The zero-order chi connectivity index (χ0) is 19.9. The number of rotatable bonds is 8. The van der Waals surface area contributed by atoms with Gasteiger partial charge in [-0.2, -0.15) is 0 Å². The van der Waals surface area contributed by atoms with Gasteiger partial charge in [-0.1, -0.05) is 53.5 Å². The van der Waals surface area contributed by atoms with Crippen molar-refractivity contribution in [3.8, 4) is 11.5 Å². The first-order chi connectivity index (χ1) is 13.6. The number of hydrogen-bond donors (Lipinski definition) is 1. The lowest BCUT2D eigenvalue weighted by molar-refractivity contribution is 0.263. The summed E-state index contributed by atoms with van der Waals surface area (Å²) in [4.78, 5) is 0. The molecule has 0 bridgehead atoms. The van der Waals surface area contributed by atoms with Crippen LogP contribution in [0.15, 0.2) is 60.7 Å². The van der Waals surface area contributed by atoms with Crippen LogP contribution in [0.1, 0.15) is 18.1 Å². The number of nitrogens with one attached hydrogen (secondary N) is 1. The van der Waals surface area contributed by atoms with E-state index in [0.717, 1.165) is 11.3 Å². The number of hydrogen-bond acceptors (Lipinski definition) is 3. The van der Waals surface area contributed by atoms with Gasteiger partial charge in [-0.25, -0.2) is 4.39 Å². The number of benzene rings is 3. The Kier molecular flexibility index (Phi) is 7.01. The molecule has 6 heteroatoms. The Labute approximate surface area is 174 Å². The van der Waals surface area contributed by atoms with Gasteiger partial charge >= 0.3 is 0 Å². The maximum atomic E-state index is 13.9. The maximum Gasteiger partial charge on any atom is 0.166 e. The van der Waals surface area contributed by atoms with Crippen LogP contribution in [0.4, 0.5) is 10.1 Å². The summed E-state index contributed by atoms with van der Waals surface area (Å²) in [5.41, 5.74) is 2.20. The van der Waals surface area contributed by atoms with Gasteiger partial charge in [0.25, 0.3) is 0 Å². The number of anilines is 1. The van der Waals surface area contributed by atoms with E-state index in [1.54, 1.807) is 30.3 Å². The monoisotopic (exact) mass is 419 g/mol. The van der Waals surface area contributed by atoms with Crippen molar-refractivity contribution in [1.82, 2.24) is 0 Å². The van der Waals surface area contributed by atoms with Crippen molar-refractivity contribution in [2.24, 2.45) is 0 Å². The normalized spacial score (nSPS) is 10.6. The fourth-order valence-corrected chi connectivity index (χ4v) is 3.00. The molecule has 0 aromatic heterocycles. The SMILES string of the molecule is CCOc1cccc(CNc2ccc(Cl)c(Cl)c2)c1OCc1ccccc1F. The minimum atomic E-state index is -0.299. The summed E-state index contributed by atoms with van der Waals surface area (Å²) in [7, 11) is 0. The molecule has 3 aromatic rings. The van der Waals surface area contributed by atoms with E-state index in [0.29, 0.717) is 40.3 Å². The van der Waals surface area contributed by atoms with Crippen LogP contribution in [0.3, 0.4) is 0 Å². The summed E-state index contributed by atoms with van der Waals surface area (Å²) in [6, 6.07) is 17.6. The molecule has 0 spiro atoms. The zero-order valence-corrected chi connectivity index (χ0v) is 16.9. The van der Waals surface area contributed by atoms with Crippen molar-refractivity contribution < 1.29 is 13.9 Å². The molecule has 146 valence electrons. The van der Waals surface area contributed by atoms with Crippen LogP contribution in [0.5, 0.6) is 11.5 Å². The van der Waals surface area contributed by atoms with Crippen molar-refractivity contribution >= 4 is 28.9 Å². The Morgan fingerprint density at radius 1 is 0.893 bits per heavy atom. The van der Waals surface area contributed by atoms with E-state index in [1.165, 1.54) is 6.07 Å². The van der Waals surface area contributed by atoms with Crippen molar-refractivity contribution in [2.75, 3.05) is 11.9 Å². The predicted octanol–water partition coefficient (Wildman–Crippen LogP) is 6.72. The van der Waals surface area contributed by atoms with Crippen LogP contribution in [-0.4, -0.2) is 6.61 Å². The van der Waals surface area contributed by atoms with Gasteiger partial charge in [0.15, 0.2) is 11.5 Å². The molecule has 0 aliphatic carbocycles. The first-order valence-corrected chi connectivity index (χ1v) is 9.64. The van der Waals surface area contributed by atoms with E-state index < -0.39 is 0 Å². The maximum absolute atomic E-state index is 13.9. The molecule has 0 unspecified atom stereocenters. The molecule has 0 saturated heterocycles. The number of para-hydroxylation sites is 1. The topological polar surface area (TPSA) is 30.5 Å². The fraction of sp³-hybridized carbons (Fsp3) is 0.182. The van der Waals surface area contributed by atoms with Gasteiger partial charge in [0.2, 0.25) is 0 Å². The van der Waals surface area contributed by atoms with E-state index in [9.17, 15) is 4.39 Å². The third kappa shape index (κ3) is 5.09. The molecule has 3 nitrogen and oxygen atoms in total. The van der Waals surface area contributed by atoms with Crippen LogP contribution in [-0.2, 0) is 13.2 Å². The Morgan fingerprint density at radius 2 is 1.68 bits per heavy atom. The lowest BCUT2D eigenvalue weighted by Crippen LogP contribution is -2.07. The van der Waals surface area contributed by atoms with Crippen molar-refractivity contribution in [3.63, 3.8) is 0 Å². The summed E-state index contributed by atoms with van der Waals surface area (Å²) in [6.45, 7) is 2.99. The number of halogens is 3. The Bertz CT molecular complexity index is 950. The minimum Gasteiger partial charge on any atom is -0.490 e. The zero-order valence-electron chi connectivity index (χ0n) is 15.3. The van der Waals surface area contributed by atoms with E-state index in [2.05, 4.69) is 5.32 Å². The molecule has 0 atom stereocenters. The standard InChI is InChI=1S/C22H20Cl2FNO2/c1-2-27-21-9-5-7-15(13-26-17-10-11-18(23)19(24)12-17)22(21)28-14-16-6-3-4-8-20(16)25/h3-12,26H,2,13-14H2,1H3. The van der Waals surface area contributed by atoms with Gasteiger partial charge in [0, 0.05) is 23.4 Å². The highest BCUT2D eigenvalue weighted by atomic mass is 35.5. The molecular formula is C22H20Cl2FNO2. The van der Waals surface area contributed by atoms with Crippen molar-refractivity contribution in [1.29, 1.82) is 0 Å². The van der Waals surface area contributed by atoms with E-state index in [4.69, 9.17) is 32.7 Å². The summed E-state index contributed by atoms with van der Waals surface area (Å²) >= 11 is 12.0. The summed E-state index contributed by atoms with van der Waals surface area (Å²) in [5, 5.41) is 4.27. The molecule has 0 heterocycles. The second kappa shape index (κ2) is 9.67. The molecule has 0 radical (unpaired) electrons. The third-order valence-electron chi connectivity index (χ3n) is 4.09. The lowest BCUT2D eigenvalue weighted by Gasteiger charge is -2.17. The van der Waals surface area contributed by atoms with Gasteiger partial charge in [-0.3, -0.25) is 0 Å². The Balaban J connectivity index is 1.80. The number of ether oxygens (including phenoxy) is 2. The van der Waals surface area contributed by atoms with Crippen LogP contribution >= 0.6 is 23.2 Å². The van der Waals surface area contributed by atoms with E-state index in [1.807, 2.05) is 31.2 Å². The third-order valence-corrected chi connectivity index (χ3v) is 4.83. The quantitative estimate of drug-likeness (QED) is 0.439. The molecule has 3 aromatic carbocycles. The highest BCUT2D eigenvalue weighted by Gasteiger charge is 2.13. The second-order valence-corrected chi connectivity index (χ2v) is 6.85. The van der Waals surface area contributed by atoms with Crippen molar-refractivity contribution in [3.05, 3.63) is 87.7 Å². The average Bonchev–Trinajstić information content (AvgIpc) is 2.69. The largest absolute Gasteiger partial charge is 0.490 e. The van der Waals surface area contributed by atoms with Crippen LogP contribution in [0.2, 0.25) is 10.0 Å². The molecule has 3 rings (SSSR count). The van der Waals surface area contributed by atoms with Gasteiger partial charge in [-0.15, -0.1) is 0 Å². The molecule has 0 aliphatic heterocycles. The highest BCUT2D eigenvalue weighted by molar-refractivity contribution is 6.42. The average molecular weight is 420 g/mol. The molecular weight excluding hydrogens is 400 g/mol. The van der Waals surface area contributed by atoms with Crippen LogP contribution < -0.4 is 14.8 Å². The van der Waals surface area contributed by atoms with Gasteiger partial charge < -0.3 is 14.8 Å². The molecule has 0 aliphatic rings. The summed E-state index contributed by atoms with van der Waals surface area (Å²) < 4.78 is 25.6. The Morgan fingerprint density at radius 3 is 2.43 bits per heavy atom. The van der Waals surface area contributed by atoms with Gasteiger partial charge in [-0.05, 0) is 37.3 Å².